The molecule has 3 aromatic carbocycles. The number of benzene rings is 3. The van der Waals surface area contributed by atoms with Crippen LogP contribution in [0.4, 0.5) is 5.69 Å². The van der Waals surface area contributed by atoms with Gasteiger partial charge < -0.3 is 5.11 Å². The number of phenols is 1. The van der Waals surface area contributed by atoms with Crippen LogP contribution in [-0.4, -0.2) is 33.6 Å². The number of allylic oxidation sites excluding steroid dienone is 2. The first-order valence-corrected chi connectivity index (χ1v) is 14.6. The van der Waals surface area contributed by atoms with Gasteiger partial charge >= 0.3 is 0 Å². The molecule has 1 saturated carbocycles. The number of hydrogen-bond acceptors (Lipinski definition) is 5. The van der Waals surface area contributed by atoms with Gasteiger partial charge in [0.05, 0.1) is 35.4 Å². The fourth-order valence-electron chi connectivity index (χ4n) is 7.93. The van der Waals surface area contributed by atoms with Gasteiger partial charge in [0.2, 0.25) is 23.6 Å². The monoisotopic (exact) mass is 580 g/mol. The quantitative estimate of drug-likeness (QED) is 0.326. The zero-order chi connectivity index (χ0) is 29.3. The van der Waals surface area contributed by atoms with Crippen molar-refractivity contribution in [3.63, 3.8) is 0 Å². The topological polar surface area (TPSA) is 95.0 Å². The molecule has 2 aliphatic heterocycles. The molecule has 2 aliphatic carbocycles. The SMILES string of the molecule is CC12C(=O)N(c3ccccc3)C(=O)C1CC1C(=CCC3C(=O)N(Cc4ccccc4)C(=O)C31)C2c1cc(Cl)ccc1O. The number of para-hydroxylation sites is 1. The summed E-state index contributed by atoms with van der Waals surface area (Å²) in [5.74, 6) is -4.29. The van der Waals surface area contributed by atoms with Crippen molar-refractivity contribution in [2.24, 2.45) is 29.1 Å². The van der Waals surface area contributed by atoms with Crippen molar-refractivity contribution in [3.05, 3.63) is 107 Å². The van der Waals surface area contributed by atoms with E-state index in [4.69, 9.17) is 11.6 Å². The lowest BCUT2D eigenvalue weighted by Crippen LogP contribution is -2.48. The fourth-order valence-corrected chi connectivity index (χ4v) is 8.11. The number of rotatable bonds is 4. The zero-order valence-electron chi connectivity index (χ0n) is 22.9. The third kappa shape index (κ3) is 3.72. The van der Waals surface area contributed by atoms with Gasteiger partial charge in [0.15, 0.2) is 0 Å². The van der Waals surface area contributed by atoms with Crippen LogP contribution in [0.2, 0.25) is 5.02 Å². The van der Waals surface area contributed by atoms with Crippen molar-refractivity contribution in [2.45, 2.75) is 32.2 Å². The van der Waals surface area contributed by atoms with Crippen molar-refractivity contribution in [1.29, 1.82) is 0 Å². The molecule has 4 amide bonds. The van der Waals surface area contributed by atoms with E-state index in [1.54, 1.807) is 43.3 Å². The van der Waals surface area contributed by atoms with E-state index < -0.39 is 35.0 Å². The number of hydrogen-bond donors (Lipinski definition) is 1. The number of aromatic hydroxyl groups is 1. The number of fused-ring (bicyclic) bond motifs is 4. The molecule has 7 nitrogen and oxygen atoms in total. The van der Waals surface area contributed by atoms with Gasteiger partial charge in [0, 0.05) is 16.5 Å². The van der Waals surface area contributed by atoms with Gasteiger partial charge in [-0.25, -0.2) is 4.90 Å². The second kappa shape index (κ2) is 9.66. The van der Waals surface area contributed by atoms with Crippen LogP contribution in [0.25, 0.3) is 0 Å². The standard InChI is InChI=1S/C34H29ClN2O5/c1-34-26(31(40)37(33(34)42)21-10-6-3-7-11-21)17-24-22(29(34)25-16-20(35)12-15-27(25)38)13-14-23-28(24)32(41)36(30(23)39)18-19-8-4-2-5-9-19/h2-13,15-16,23-24,26,28-29,38H,14,17-18H2,1H3. The van der Waals surface area contributed by atoms with Crippen LogP contribution in [0, 0.1) is 29.1 Å². The van der Waals surface area contributed by atoms with Gasteiger partial charge in [-0.3, -0.25) is 24.1 Å². The molecule has 0 radical (unpaired) electrons. The Balaban J connectivity index is 1.35. The van der Waals surface area contributed by atoms with E-state index >= 15 is 0 Å². The molecule has 2 saturated heterocycles. The van der Waals surface area contributed by atoms with Crippen molar-refractivity contribution in [2.75, 3.05) is 4.90 Å². The lowest BCUT2D eigenvalue weighted by Gasteiger charge is -2.49. The molecule has 0 bridgehead atoms. The number of phenolic OH excluding ortho intramolecular Hbond substituents is 1. The summed E-state index contributed by atoms with van der Waals surface area (Å²) in [5.41, 5.74) is 1.36. The first-order chi connectivity index (χ1) is 20.2. The Kier molecular flexibility index (Phi) is 6.13. The van der Waals surface area contributed by atoms with Crippen LogP contribution in [0.1, 0.15) is 36.8 Å². The first kappa shape index (κ1) is 26.7. The molecule has 7 rings (SSSR count). The van der Waals surface area contributed by atoms with E-state index in [2.05, 4.69) is 0 Å². The minimum absolute atomic E-state index is 0.0361. The number of nitrogens with zero attached hydrogens (tertiary/aromatic N) is 2. The predicted molar refractivity (Wildman–Crippen MR) is 156 cm³/mol. The maximum atomic E-state index is 14.4. The number of halogens is 1. The second-order valence-corrected chi connectivity index (χ2v) is 12.4. The highest BCUT2D eigenvalue weighted by atomic mass is 35.5. The van der Waals surface area contributed by atoms with E-state index in [0.29, 0.717) is 22.7 Å². The Morgan fingerprint density at radius 2 is 1.57 bits per heavy atom. The van der Waals surface area contributed by atoms with Crippen LogP contribution in [0.5, 0.6) is 5.75 Å². The molecule has 6 atom stereocenters. The Hall–Kier alpha value is -4.23. The number of amides is 4. The Labute approximate surface area is 248 Å². The lowest BCUT2D eigenvalue weighted by atomic mass is 9.51. The van der Waals surface area contributed by atoms with Crippen LogP contribution in [-0.2, 0) is 25.7 Å². The fraction of sp³-hybridized carbons (Fsp3) is 0.294. The molecular formula is C34H29ClN2O5. The number of likely N-dealkylation sites (tertiary alicyclic amines) is 1. The summed E-state index contributed by atoms with van der Waals surface area (Å²) >= 11 is 6.42. The minimum atomic E-state index is -1.24. The van der Waals surface area contributed by atoms with Crippen molar-refractivity contribution in [3.8, 4) is 5.75 Å². The van der Waals surface area contributed by atoms with E-state index in [-0.39, 0.29) is 42.3 Å². The Bertz CT molecular complexity index is 1670. The number of carbonyl (C=O) groups excluding carboxylic acids is 4. The first-order valence-electron chi connectivity index (χ1n) is 14.2. The smallest absolute Gasteiger partial charge is 0.241 e. The molecule has 1 N–H and O–H groups in total. The summed E-state index contributed by atoms with van der Waals surface area (Å²) in [5, 5.41) is 11.5. The highest BCUT2D eigenvalue weighted by Gasteiger charge is 2.67. The van der Waals surface area contributed by atoms with Crippen LogP contribution < -0.4 is 4.90 Å². The summed E-state index contributed by atoms with van der Waals surface area (Å²) in [6.07, 6.45) is 2.57. The van der Waals surface area contributed by atoms with E-state index in [9.17, 15) is 24.3 Å². The summed E-state index contributed by atoms with van der Waals surface area (Å²) in [6, 6.07) is 22.9. The Morgan fingerprint density at radius 1 is 0.881 bits per heavy atom. The highest BCUT2D eigenvalue weighted by molar-refractivity contribution is 6.30. The zero-order valence-corrected chi connectivity index (χ0v) is 23.7. The van der Waals surface area contributed by atoms with Crippen molar-refractivity contribution in [1.82, 2.24) is 4.90 Å². The number of carbonyl (C=O) groups is 4. The van der Waals surface area contributed by atoms with Crippen molar-refractivity contribution >= 4 is 40.9 Å². The molecule has 0 aromatic heterocycles. The van der Waals surface area contributed by atoms with E-state index in [1.165, 1.54) is 15.9 Å². The summed E-state index contributed by atoms with van der Waals surface area (Å²) in [6.45, 7) is 1.98. The second-order valence-electron chi connectivity index (χ2n) is 11.9. The average molecular weight is 581 g/mol. The van der Waals surface area contributed by atoms with Crippen molar-refractivity contribution < 1.29 is 24.3 Å². The van der Waals surface area contributed by atoms with Crippen LogP contribution in [0.15, 0.2) is 90.5 Å². The molecule has 42 heavy (non-hydrogen) atoms. The van der Waals surface area contributed by atoms with E-state index in [0.717, 1.165) is 11.1 Å². The van der Waals surface area contributed by atoms with Gasteiger partial charge in [-0.2, -0.15) is 0 Å². The Morgan fingerprint density at radius 3 is 2.29 bits per heavy atom. The molecule has 0 spiro atoms. The third-order valence-electron chi connectivity index (χ3n) is 9.86. The number of imide groups is 2. The summed E-state index contributed by atoms with van der Waals surface area (Å²) in [4.78, 5) is 58.7. The van der Waals surface area contributed by atoms with Crippen LogP contribution >= 0.6 is 11.6 Å². The average Bonchev–Trinajstić information content (AvgIpc) is 3.35. The molecule has 3 aromatic rings. The molecule has 4 aliphatic rings. The lowest BCUT2D eigenvalue weighted by molar-refractivity contribution is -0.141. The molecule has 8 heteroatoms. The number of anilines is 1. The maximum Gasteiger partial charge on any atom is 0.241 e. The van der Waals surface area contributed by atoms with Gasteiger partial charge in [-0.05, 0) is 61.6 Å². The normalized spacial score (nSPS) is 30.2. The predicted octanol–water partition coefficient (Wildman–Crippen LogP) is 5.48. The molecule has 6 unspecified atom stereocenters. The van der Waals surface area contributed by atoms with Gasteiger partial charge in [0.25, 0.3) is 0 Å². The molecular weight excluding hydrogens is 552 g/mol. The molecule has 3 fully saturated rings. The van der Waals surface area contributed by atoms with Gasteiger partial charge in [-0.1, -0.05) is 71.8 Å². The third-order valence-corrected chi connectivity index (χ3v) is 10.1. The molecule has 2 heterocycles. The van der Waals surface area contributed by atoms with Gasteiger partial charge in [0.1, 0.15) is 5.75 Å². The minimum Gasteiger partial charge on any atom is -0.508 e. The van der Waals surface area contributed by atoms with Gasteiger partial charge in [-0.15, -0.1) is 0 Å². The molecule has 212 valence electrons. The largest absolute Gasteiger partial charge is 0.508 e. The summed E-state index contributed by atoms with van der Waals surface area (Å²) < 4.78 is 0. The van der Waals surface area contributed by atoms with Crippen LogP contribution in [0.3, 0.4) is 0 Å². The summed E-state index contributed by atoms with van der Waals surface area (Å²) in [7, 11) is 0. The van der Waals surface area contributed by atoms with E-state index in [1.807, 2.05) is 42.5 Å². The maximum absolute atomic E-state index is 14.4. The highest BCUT2D eigenvalue weighted by Crippen LogP contribution is 2.64.